The summed E-state index contributed by atoms with van der Waals surface area (Å²) in [6.07, 6.45) is -2.87. The molecule has 0 bridgehead atoms. The Morgan fingerprint density at radius 1 is 1.08 bits per heavy atom. The van der Waals surface area contributed by atoms with Crippen LogP contribution in [-0.2, 0) is 4.74 Å². The van der Waals surface area contributed by atoms with Gasteiger partial charge in [-0.25, -0.2) is 9.69 Å². The first-order valence-corrected chi connectivity index (χ1v) is 7.60. The fraction of sp³-hybridized carbons (Fsp3) is 0.278. The zero-order chi connectivity index (χ0) is 17.3. The van der Waals surface area contributed by atoms with Crippen molar-refractivity contribution in [1.29, 1.82) is 0 Å². The van der Waals surface area contributed by atoms with Gasteiger partial charge < -0.3 is 20.1 Å². The van der Waals surface area contributed by atoms with Crippen LogP contribution in [0.5, 0.6) is 0 Å². The molecule has 3 rings (SSSR count). The molecule has 1 aliphatic rings. The lowest BCUT2D eigenvalue weighted by atomic mass is 10.1. The predicted octanol–water partition coefficient (Wildman–Crippen LogP) is 1.50. The monoisotopic (exact) mass is 329 g/mol. The zero-order valence-electron chi connectivity index (χ0n) is 13.2. The first-order valence-electron chi connectivity index (χ1n) is 7.60. The number of hydrogen-bond donors (Lipinski definition) is 3. The van der Waals surface area contributed by atoms with Gasteiger partial charge in [-0.05, 0) is 17.7 Å². The molecule has 1 heterocycles. The molecule has 0 amide bonds. The van der Waals surface area contributed by atoms with Gasteiger partial charge in [0.1, 0.15) is 12.5 Å². The summed E-state index contributed by atoms with van der Waals surface area (Å²) in [5, 5.41) is 31.1. The molecule has 0 saturated carbocycles. The van der Waals surface area contributed by atoms with Crippen LogP contribution in [0.4, 0.5) is 0 Å². The van der Waals surface area contributed by atoms with Crippen molar-refractivity contribution in [3.8, 4) is 0 Å². The number of carbonyl (C=O) groups is 1. The summed E-state index contributed by atoms with van der Waals surface area (Å²) in [5.41, 5.74) is 2.25. The summed E-state index contributed by atoms with van der Waals surface area (Å²) in [4.78, 5) is 12.8. The van der Waals surface area contributed by atoms with E-state index in [0.29, 0.717) is 22.3 Å². The highest BCUT2D eigenvalue weighted by Crippen LogP contribution is 2.39. The highest BCUT2D eigenvalue weighted by atomic mass is 16.5. The van der Waals surface area contributed by atoms with Crippen molar-refractivity contribution in [2.24, 2.45) is 0 Å². The minimum absolute atomic E-state index is 0.0502. The molecular formula is C18H19NO5. The number of benzene rings is 2. The minimum atomic E-state index is -0.972. The van der Waals surface area contributed by atoms with Gasteiger partial charge in [-0.3, -0.25) is 0 Å². The molecule has 0 spiro atoms. The number of fused-ring (bicyclic) bond motifs is 1. The van der Waals surface area contributed by atoms with Gasteiger partial charge in [0.25, 0.3) is 0 Å². The third kappa shape index (κ3) is 2.92. The number of esters is 1. The van der Waals surface area contributed by atoms with Crippen LogP contribution in [0.25, 0.3) is 0 Å². The van der Waals surface area contributed by atoms with E-state index in [0.717, 1.165) is 0 Å². The minimum Gasteiger partial charge on any atom is -0.465 e. The van der Waals surface area contributed by atoms with E-state index >= 15 is 0 Å². The summed E-state index contributed by atoms with van der Waals surface area (Å²) in [6.45, 7) is 0.0502. The molecule has 0 saturated heterocycles. The Kier molecular flexibility index (Phi) is 4.64. The lowest BCUT2D eigenvalue weighted by Crippen LogP contribution is -2.30. The maximum absolute atomic E-state index is 11.4. The topological polar surface area (TPSA) is 90.2 Å². The summed E-state index contributed by atoms with van der Waals surface area (Å²) >= 11 is 0. The van der Waals surface area contributed by atoms with Crippen LogP contribution in [0.3, 0.4) is 0 Å². The molecule has 6 heteroatoms. The Morgan fingerprint density at radius 3 is 2.12 bits per heavy atom. The van der Waals surface area contributed by atoms with Crippen molar-refractivity contribution in [2.45, 2.75) is 18.6 Å². The molecule has 0 radical (unpaired) electrons. The van der Waals surface area contributed by atoms with E-state index in [-0.39, 0.29) is 6.54 Å². The van der Waals surface area contributed by atoms with Gasteiger partial charge >= 0.3 is 5.97 Å². The molecular weight excluding hydrogens is 310 g/mol. The summed E-state index contributed by atoms with van der Waals surface area (Å²) in [5.74, 6) is -0.447. The highest BCUT2D eigenvalue weighted by molar-refractivity contribution is 5.89. The second kappa shape index (κ2) is 6.70. The van der Waals surface area contributed by atoms with Gasteiger partial charge in [0.15, 0.2) is 0 Å². The Balaban J connectivity index is 1.73. The van der Waals surface area contributed by atoms with Crippen LogP contribution in [0, 0.1) is 0 Å². The van der Waals surface area contributed by atoms with E-state index in [2.05, 4.69) is 4.74 Å². The molecule has 3 atom stereocenters. The molecule has 24 heavy (non-hydrogen) atoms. The van der Waals surface area contributed by atoms with Gasteiger partial charge in [0.2, 0.25) is 0 Å². The lowest BCUT2D eigenvalue weighted by molar-refractivity contribution is -0.102. The first-order chi connectivity index (χ1) is 11.5. The second-order valence-corrected chi connectivity index (χ2v) is 5.70. The van der Waals surface area contributed by atoms with Crippen LogP contribution < -0.4 is 0 Å². The molecule has 2 aromatic rings. The number of aliphatic hydroxyl groups is 3. The van der Waals surface area contributed by atoms with Gasteiger partial charge in [0, 0.05) is 17.7 Å². The number of ether oxygens (including phenoxy) is 1. The van der Waals surface area contributed by atoms with Crippen molar-refractivity contribution < 1.29 is 24.9 Å². The normalized spacial score (nSPS) is 21.3. The summed E-state index contributed by atoms with van der Waals surface area (Å²) in [7, 11) is 1.30. The summed E-state index contributed by atoms with van der Waals surface area (Å²) < 4.78 is 4.63. The number of nitrogens with zero attached hydrogens (tertiary/aromatic N) is 1. The van der Waals surface area contributed by atoms with Crippen LogP contribution in [0.1, 0.15) is 45.6 Å². The molecule has 0 aliphatic carbocycles. The number of rotatable bonds is 4. The standard InChI is InChI=1S/C18H19NO5/c1-24-18(23)12-8-6-11(7-9-12)15(20)10-19-16(21)13-4-2-3-5-14(13)17(19)22/h2-9,15-17,20-22H,10H2,1H3/t15-,16+,17+/m0/s1. The van der Waals surface area contributed by atoms with Crippen molar-refractivity contribution in [3.05, 3.63) is 70.8 Å². The predicted molar refractivity (Wildman–Crippen MR) is 85.8 cm³/mol. The molecule has 2 aromatic carbocycles. The highest BCUT2D eigenvalue weighted by Gasteiger charge is 2.37. The molecule has 0 fully saturated rings. The van der Waals surface area contributed by atoms with Gasteiger partial charge in [0.05, 0.1) is 18.8 Å². The first kappa shape index (κ1) is 16.6. The Bertz CT molecular complexity index is 701. The average Bonchev–Trinajstić information content (AvgIpc) is 2.86. The largest absolute Gasteiger partial charge is 0.465 e. The van der Waals surface area contributed by atoms with E-state index in [1.807, 2.05) is 0 Å². The number of carbonyl (C=O) groups excluding carboxylic acids is 1. The van der Waals surface area contributed by atoms with Gasteiger partial charge in [-0.1, -0.05) is 36.4 Å². The summed E-state index contributed by atoms with van der Waals surface area (Å²) in [6, 6.07) is 13.5. The fourth-order valence-corrected chi connectivity index (χ4v) is 2.94. The van der Waals surface area contributed by atoms with Crippen LogP contribution in [0.15, 0.2) is 48.5 Å². The van der Waals surface area contributed by atoms with E-state index in [1.54, 1.807) is 48.5 Å². The van der Waals surface area contributed by atoms with Crippen molar-refractivity contribution >= 4 is 5.97 Å². The second-order valence-electron chi connectivity index (χ2n) is 5.70. The SMILES string of the molecule is COC(=O)c1ccc([C@@H](O)CN2[C@H](O)c3ccccc3[C@H]2O)cc1. The third-order valence-electron chi connectivity index (χ3n) is 4.28. The molecule has 1 aliphatic heterocycles. The van der Waals surface area contributed by atoms with Crippen molar-refractivity contribution in [3.63, 3.8) is 0 Å². The smallest absolute Gasteiger partial charge is 0.337 e. The molecule has 3 N–H and O–H groups in total. The lowest BCUT2D eigenvalue weighted by Gasteiger charge is -2.26. The van der Waals surface area contributed by atoms with Crippen LogP contribution >= 0.6 is 0 Å². The Hall–Kier alpha value is -2.25. The average molecular weight is 329 g/mol. The Morgan fingerprint density at radius 2 is 1.62 bits per heavy atom. The molecule has 6 nitrogen and oxygen atoms in total. The maximum atomic E-state index is 11.4. The quantitative estimate of drug-likeness (QED) is 0.737. The van der Waals surface area contributed by atoms with E-state index in [1.165, 1.54) is 12.0 Å². The van der Waals surface area contributed by atoms with Crippen molar-refractivity contribution in [2.75, 3.05) is 13.7 Å². The van der Waals surface area contributed by atoms with Gasteiger partial charge in [-0.2, -0.15) is 0 Å². The zero-order valence-corrected chi connectivity index (χ0v) is 13.2. The van der Waals surface area contributed by atoms with Crippen molar-refractivity contribution in [1.82, 2.24) is 4.90 Å². The Labute approximate surface area is 139 Å². The molecule has 126 valence electrons. The number of methoxy groups -OCH3 is 1. The third-order valence-corrected chi connectivity index (χ3v) is 4.28. The van der Waals surface area contributed by atoms with E-state index < -0.39 is 24.5 Å². The fourth-order valence-electron chi connectivity index (χ4n) is 2.94. The van der Waals surface area contributed by atoms with E-state index in [9.17, 15) is 20.1 Å². The van der Waals surface area contributed by atoms with Crippen LogP contribution in [-0.4, -0.2) is 39.8 Å². The maximum Gasteiger partial charge on any atom is 0.337 e. The van der Waals surface area contributed by atoms with Gasteiger partial charge in [-0.15, -0.1) is 0 Å². The van der Waals surface area contributed by atoms with E-state index in [4.69, 9.17) is 0 Å². The molecule has 0 unspecified atom stereocenters. The van der Waals surface area contributed by atoms with Crippen LogP contribution in [0.2, 0.25) is 0 Å². The molecule has 0 aromatic heterocycles. The number of aliphatic hydroxyl groups excluding tert-OH is 3. The number of hydrogen-bond acceptors (Lipinski definition) is 6. The number of β-amino-alcohol motifs (C(OH)–C–C–N with tert-alkyl or cyclic N) is 1.